The first kappa shape index (κ1) is 19.8. The fourth-order valence-electron chi connectivity index (χ4n) is 4.81. The van der Waals surface area contributed by atoms with E-state index in [2.05, 4.69) is 85.7 Å². The fourth-order valence-corrected chi connectivity index (χ4v) is 15.5. The van der Waals surface area contributed by atoms with E-state index in [0.717, 1.165) is 13.8 Å². The van der Waals surface area contributed by atoms with Crippen LogP contribution in [0.2, 0.25) is 0 Å². The van der Waals surface area contributed by atoms with E-state index in [0.29, 0.717) is 17.6 Å². The maximum atomic E-state index is 5.88. The standard InChI is InChI=1S/C24H31NOP2/c1-19(2)25-28(27-24-14-9-17-26-24)18-22(20-10-5-3-6-11-20)15-16-23(28)21-12-7-4-8-13-21/h3-14,17,19,22-23,25,27-28H,15-16,18H2,1-2H3. The Morgan fingerprint density at radius 3 is 2.18 bits per heavy atom. The molecule has 0 bridgehead atoms. The summed E-state index contributed by atoms with van der Waals surface area (Å²) in [5, 5.41) is 4.17. The van der Waals surface area contributed by atoms with Crippen LogP contribution in [0, 0.1) is 0 Å². The molecule has 0 spiro atoms. The normalized spacial score (nSPS) is 23.2. The summed E-state index contributed by atoms with van der Waals surface area (Å²) in [4.78, 5) is 0. The van der Waals surface area contributed by atoms with Gasteiger partial charge in [0.25, 0.3) is 0 Å². The molecule has 0 amide bonds. The van der Waals surface area contributed by atoms with Crippen LogP contribution < -0.4 is 10.6 Å². The van der Waals surface area contributed by atoms with Gasteiger partial charge in [0, 0.05) is 0 Å². The van der Waals surface area contributed by atoms with Crippen molar-refractivity contribution in [2.24, 2.45) is 0 Å². The third kappa shape index (κ3) is 4.41. The van der Waals surface area contributed by atoms with Crippen molar-refractivity contribution in [3.8, 4) is 0 Å². The Kier molecular flexibility index (Phi) is 6.32. The van der Waals surface area contributed by atoms with Crippen molar-refractivity contribution in [3.05, 3.63) is 90.2 Å². The summed E-state index contributed by atoms with van der Waals surface area (Å²) in [6.07, 6.45) is 5.62. The van der Waals surface area contributed by atoms with E-state index >= 15 is 0 Å². The molecule has 1 aliphatic rings. The minimum absolute atomic E-state index is 0.481. The van der Waals surface area contributed by atoms with Crippen LogP contribution in [0.3, 0.4) is 0 Å². The van der Waals surface area contributed by atoms with Crippen molar-refractivity contribution < 1.29 is 4.42 Å². The van der Waals surface area contributed by atoms with Gasteiger partial charge in [-0.2, -0.15) is 0 Å². The molecular weight excluding hydrogens is 380 g/mol. The summed E-state index contributed by atoms with van der Waals surface area (Å²) in [7, 11) is -1.14. The van der Waals surface area contributed by atoms with Crippen LogP contribution >= 0.6 is 15.4 Å². The second kappa shape index (κ2) is 8.91. The first-order valence-corrected chi connectivity index (χ1v) is 14.6. The summed E-state index contributed by atoms with van der Waals surface area (Å²) in [6, 6.07) is 27.0. The van der Waals surface area contributed by atoms with Crippen LogP contribution in [0.15, 0.2) is 83.5 Å². The second-order valence-corrected chi connectivity index (χ2v) is 15.7. The van der Waals surface area contributed by atoms with Crippen LogP contribution in [0.1, 0.15) is 49.4 Å². The Morgan fingerprint density at radius 2 is 1.57 bits per heavy atom. The van der Waals surface area contributed by atoms with E-state index in [1.54, 1.807) is 0 Å². The molecule has 1 fully saturated rings. The Morgan fingerprint density at radius 1 is 0.893 bits per heavy atom. The van der Waals surface area contributed by atoms with Crippen LogP contribution in [-0.2, 0) is 0 Å². The summed E-state index contributed by atoms with van der Waals surface area (Å²) in [5.74, 6) is 0.640. The zero-order valence-electron chi connectivity index (χ0n) is 16.8. The fraction of sp³-hybridized carbons (Fsp3) is 0.333. The average molecular weight is 411 g/mol. The van der Waals surface area contributed by atoms with E-state index in [1.165, 1.54) is 30.1 Å². The maximum absolute atomic E-state index is 5.88. The van der Waals surface area contributed by atoms with Crippen molar-refractivity contribution in [1.82, 2.24) is 5.09 Å². The van der Waals surface area contributed by atoms with E-state index in [1.807, 2.05) is 12.3 Å². The molecule has 3 atom stereocenters. The molecule has 4 heteroatoms. The quantitative estimate of drug-likeness (QED) is 0.470. The topological polar surface area (TPSA) is 25.2 Å². The Labute approximate surface area is 171 Å². The van der Waals surface area contributed by atoms with Crippen LogP contribution in [-0.4, -0.2) is 12.2 Å². The SMILES string of the molecule is CC(C)N[PH]1(Pc2ccco2)CC(c2ccccc2)CCC1c1ccccc1. The average Bonchev–Trinajstić information content (AvgIpc) is 3.21. The first-order chi connectivity index (χ1) is 13.7. The number of nitrogens with one attached hydrogen (secondary N) is 1. The van der Waals surface area contributed by atoms with Gasteiger partial charge in [-0.15, -0.1) is 0 Å². The molecule has 28 heavy (non-hydrogen) atoms. The van der Waals surface area contributed by atoms with Gasteiger partial charge in [-0.25, -0.2) is 0 Å². The van der Waals surface area contributed by atoms with Gasteiger partial charge in [0.05, 0.1) is 0 Å². The molecule has 0 aliphatic carbocycles. The summed E-state index contributed by atoms with van der Waals surface area (Å²) >= 11 is 0. The predicted octanol–water partition coefficient (Wildman–Crippen LogP) is 6.48. The van der Waals surface area contributed by atoms with Crippen molar-refractivity contribution in [2.75, 3.05) is 6.16 Å². The molecule has 2 nitrogen and oxygen atoms in total. The van der Waals surface area contributed by atoms with Crippen LogP contribution in [0.4, 0.5) is 0 Å². The van der Waals surface area contributed by atoms with E-state index in [4.69, 9.17) is 4.42 Å². The molecule has 0 radical (unpaired) electrons. The summed E-state index contributed by atoms with van der Waals surface area (Å²) in [5.41, 5.74) is 4.79. The minimum atomic E-state index is -1.88. The van der Waals surface area contributed by atoms with Gasteiger partial charge in [0.2, 0.25) is 0 Å². The van der Waals surface area contributed by atoms with Gasteiger partial charge in [-0.1, -0.05) is 0 Å². The van der Waals surface area contributed by atoms with Gasteiger partial charge >= 0.3 is 171 Å². The van der Waals surface area contributed by atoms with E-state index < -0.39 is 7.10 Å². The molecule has 148 valence electrons. The summed E-state index contributed by atoms with van der Waals surface area (Å²) in [6.45, 7) is 4.60. The van der Waals surface area contributed by atoms with Crippen molar-refractivity contribution in [3.63, 3.8) is 0 Å². The molecule has 2 heterocycles. The zero-order valence-corrected chi connectivity index (χ0v) is 18.8. The third-order valence-electron chi connectivity index (χ3n) is 5.85. The van der Waals surface area contributed by atoms with Crippen LogP contribution in [0.25, 0.3) is 0 Å². The Bertz CT molecular complexity index is 851. The zero-order chi connectivity index (χ0) is 19.4. The van der Waals surface area contributed by atoms with Gasteiger partial charge in [0.15, 0.2) is 0 Å². The molecule has 1 aromatic heterocycles. The van der Waals surface area contributed by atoms with Gasteiger partial charge < -0.3 is 0 Å². The van der Waals surface area contributed by atoms with E-state index in [9.17, 15) is 0 Å². The van der Waals surface area contributed by atoms with Crippen molar-refractivity contribution >= 4 is 20.9 Å². The van der Waals surface area contributed by atoms with Crippen molar-refractivity contribution in [2.45, 2.75) is 44.3 Å². The number of benzene rings is 2. The second-order valence-electron chi connectivity index (χ2n) is 8.23. The van der Waals surface area contributed by atoms with Crippen molar-refractivity contribution in [1.29, 1.82) is 0 Å². The Balaban J connectivity index is 1.74. The third-order valence-corrected chi connectivity index (χ3v) is 15.0. The number of rotatable bonds is 6. The predicted molar refractivity (Wildman–Crippen MR) is 126 cm³/mol. The molecule has 1 N–H and O–H groups in total. The molecule has 2 aromatic carbocycles. The molecule has 3 unspecified atom stereocenters. The van der Waals surface area contributed by atoms with Gasteiger partial charge in [-0.05, 0) is 0 Å². The molecule has 1 saturated heterocycles. The number of furan rings is 1. The van der Waals surface area contributed by atoms with Gasteiger partial charge in [-0.3, -0.25) is 0 Å². The Hall–Kier alpha value is -1.46. The van der Waals surface area contributed by atoms with Crippen LogP contribution in [0.5, 0.6) is 0 Å². The molecule has 0 saturated carbocycles. The molecule has 3 aromatic rings. The summed E-state index contributed by atoms with van der Waals surface area (Å²) < 4.78 is 5.88. The first-order valence-electron chi connectivity index (χ1n) is 10.4. The molecule has 1 aliphatic heterocycles. The van der Waals surface area contributed by atoms with Gasteiger partial charge in [0.1, 0.15) is 0 Å². The number of hydrogen-bond acceptors (Lipinski definition) is 2. The molecular formula is C24H31NOP2. The number of hydrogen-bond donors (Lipinski definition) is 1. The molecule has 4 rings (SSSR count). The van der Waals surface area contributed by atoms with E-state index in [-0.39, 0.29) is 0 Å². The monoisotopic (exact) mass is 411 g/mol.